The van der Waals surface area contributed by atoms with Crippen LogP contribution in [0.3, 0.4) is 0 Å². The number of rotatable bonds is 6. The van der Waals surface area contributed by atoms with Crippen molar-refractivity contribution >= 4 is 23.2 Å². The van der Waals surface area contributed by atoms with Gasteiger partial charge in [-0.25, -0.2) is 0 Å². The first-order valence-corrected chi connectivity index (χ1v) is 6.69. The van der Waals surface area contributed by atoms with E-state index in [4.69, 9.17) is 4.74 Å². The van der Waals surface area contributed by atoms with Gasteiger partial charge >= 0.3 is 6.18 Å². The monoisotopic (exact) mass is 333 g/mol. The Labute approximate surface area is 131 Å². The van der Waals surface area contributed by atoms with E-state index in [9.17, 15) is 22.8 Å². The number of nitrogens with one attached hydrogen (secondary N) is 3. The molecule has 0 heterocycles. The topological polar surface area (TPSA) is 79.5 Å². The summed E-state index contributed by atoms with van der Waals surface area (Å²) in [4.78, 5) is 22.7. The Morgan fingerprint density at radius 3 is 2.48 bits per heavy atom. The standard InChI is InChI=1S/C14H18F3N3O3/c1-8(13(22)18-7-14(15,16)17)19-11-6-10(20-9(2)21)4-5-12(11)23-3/h4-6,8,19H,7H2,1-3H3,(H,18,22)(H,20,21). The Morgan fingerprint density at radius 1 is 1.30 bits per heavy atom. The highest BCUT2D eigenvalue weighted by atomic mass is 19.4. The van der Waals surface area contributed by atoms with Crippen LogP contribution in [0.5, 0.6) is 5.75 Å². The van der Waals surface area contributed by atoms with Crippen LogP contribution in [0.15, 0.2) is 18.2 Å². The quantitative estimate of drug-likeness (QED) is 0.745. The summed E-state index contributed by atoms with van der Waals surface area (Å²) in [5, 5.41) is 7.11. The molecule has 23 heavy (non-hydrogen) atoms. The molecule has 0 radical (unpaired) electrons. The molecule has 0 saturated carbocycles. The first kappa shape index (κ1) is 18.6. The maximum Gasteiger partial charge on any atom is 0.405 e. The molecule has 0 fully saturated rings. The number of anilines is 2. The number of alkyl halides is 3. The average molecular weight is 333 g/mol. The molecule has 0 aliphatic carbocycles. The second-order valence-corrected chi connectivity index (χ2v) is 4.80. The predicted molar refractivity (Wildman–Crippen MR) is 79.4 cm³/mol. The van der Waals surface area contributed by atoms with E-state index >= 15 is 0 Å². The smallest absolute Gasteiger partial charge is 0.405 e. The molecule has 0 spiro atoms. The van der Waals surface area contributed by atoms with Gasteiger partial charge < -0.3 is 20.7 Å². The number of halogens is 3. The number of carbonyl (C=O) groups is 2. The van der Waals surface area contributed by atoms with Gasteiger partial charge in [0.1, 0.15) is 18.3 Å². The molecule has 9 heteroatoms. The molecular formula is C14H18F3N3O3. The van der Waals surface area contributed by atoms with Crippen molar-refractivity contribution in [3.05, 3.63) is 18.2 Å². The van der Waals surface area contributed by atoms with E-state index in [0.29, 0.717) is 17.1 Å². The minimum Gasteiger partial charge on any atom is -0.495 e. The molecule has 6 nitrogen and oxygen atoms in total. The first-order valence-electron chi connectivity index (χ1n) is 6.69. The van der Waals surface area contributed by atoms with Gasteiger partial charge in [-0.1, -0.05) is 0 Å². The molecule has 1 rings (SSSR count). The van der Waals surface area contributed by atoms with Crippen LogP contribution in [0, 0.1) is 0 Å². The summed E-state index contributed by atoms with van der Waals surface area (Å²) in [7, 11) is 1.41. The van der Waals surface area contributed by atoms with E-state index in [0.717, 1.165) is 0 Å². The van der Waals surface area contributed by atoms with Gasteiger partial charge in [0.15, 0.2) is 0 Å². The molecule has 1 aromatic carbocycles. The Hall–Kier alpha value is -2.45. The number of hydrogen-bond acceptors (Lipinski definition) is 4. The van der Waals surface area contributed by atoms with Gasteiger partial charge in [-0.2, -0.15) is 13.2 Å². The molecule has 0 aromatic heterocycles. The van der Waals surface area contributed by atoms with Crippen molar-refractivity contribution in [1.82, 2.24) is 5.32 Å². The zero-order valence-corrected chi connectivity index (χ0v) is 12.9. The molecule has 128 valence electrons. The molecule has 0 aliphatic heterocycles. The van der Waals surface area contributed by atoms with Gasteiger partial charge in [-0.3, -0.25) is 9.59 Å². The van der Waals surface area contributed by atoms with E-state index in [1.165, 1.54) is 27.0 Å². The SMILES string of the molecule is COc1ccc(NC(C)=O)cc1NC(C)C(=O)NCC(F)(F)F. The Balaban J connectivity index is 2.80. The third kappa shape index (κ3) is 6.45. The molecule has 1 unspecified atom stereocenters. The van der Waals surface area contributed by atoms with E-state index in [1.54, 1.807) is 17.4 Å². The van der Waals surface area contributed by atoms with Gasteiger partial charge in [-0.15, -0.1) is 0 Å². The second-order valence-electron chi connectivity index (χ2n) is 4.80. The number of hydrogen-bond donors (Lipinski definition) is 3. The maximum absolute atomic E-state index is 12.1. The van der Waals surface area contributed by atoms with Crippen molar-refractivity contribution in [2.24, 2.45) is 0 Å². The van der Waals surface area contributed by atoms with E-state index < -0.39 is 24.7 Å². The van der Waals surface area contributed by atoms with Gasteiger partial charge in [0.05, 0.1) is 12.8 Å². The lowest BCUT2D eigenvalue weighted by atomic mass is 10.2. The summed E-state index contributed by atoms with van der Waals surface area (Å²) < 4.78 is 41.4. The Morgan fingerprint density at radius 2 is 1.96 bits per heavy atom. The summed E-state index contributed by atoms with van der Waals surface area (Å²) in [6.45, 7) is 1.35. The Bertz CT molecular complexity index is 576. The Kier molecular flexibility index (Phi) is 6.23. The summed E-state index contributed by atoms with van der Waals surface area (Å²) in [6, 6.07) is 3.75. The minimum atomic E-state index is -4.47. The number of ether oxygens (including phenoxy) is 1. The van der Waals surface area contributed by atoms with Crippen LogP contribution in [0.1, 0.15) is 13.8 Å². The number of methoxy groups -OCH3 is 1. The fourth-order valence-corrected chi connectivity index (χ4v) is 1.74. The fourth-order valence-electron chi connectivity index (χ4n) is 1.74. The molecular weight excluding hydrogens is 315 g/mol. The highest BCUT2D eigenvalue weighted by Crippen LogP contribution is 2.28. The predicted octanol–water partition coefficient (Wildman–Crippen LogP) is 2.13. The lowest BCUT2D eigenvalue weighted by Crippen LogP contribution is -2.42. The molecule has 0 aliphatic rings. The maximum atomic E-state index is 12.1. The van der Waals surface area contributed by atoms with Gasteiger partial charge in [0.2, 0.25) is 11.8 Å². The largest absolute Gasteiger partial charge is 0.495 e. The van der Waals surface area contributed by atoms with E-state index in [1.807, 2.05) is 0 Å². The van der Waals surface area contributed by atoms with Crippen LogP contribution in [0.2, 0.25) is 0 Å². The minimum absolute atomic E-state index is 0.280. The van der Waals surface area contributed by atoms with Crippen molar-refractivity contribution in [3.8, 4) is 5.75 Å². The van der Waals surface area contributed by atoms with Crippen molar-refractivity contribution in [3.63, 3.8) is 0 Å². The second kappa shape index (κ2) is 7.70. The first-order chi connectivity index (χ1) is 10.6. The van der Waals surface area contributed by atoms with Crippen molar-refractivity contribution < 1.29 is 27.5 Å². The molecule has 3 N–H and O–H groups in total. The zero-order valence-electron chi connectivity index (χ0n) is 12.9. The number of benzene rings is 1. The summed E-state index contributed by atoms with van der Waals surface area (Å²) >= 11 is 0. The van der Waals surface area contributed by atoms with Crippen LogP contribution in [-0.4, -0.2) is 37.7 Å². The summed E-state index contributed by atoms with van der Waals surface area (Å²) in [5.41, 5.74) is 0.831. The van der Waals surface area contributed by atoms with Gasteiger partial charge in [-0.05, 0) is 25.1 Å². The summed E-state index contributed by atoms with van der Waals surface area (Å²) in [5.74, 6) is -0.707. The van der Waals surface area contributed by atoms with Crippen molar-refractivity contribution in [2.75, 3.05) is 24.3 Å². The third-order valence-corrected chi connectivity index (χ3v) is 2.75. The van der Waals surface area contributed by atoms with E-state index in [-0.39, 0.29) is 5.91 Å². The molecule has 2 amide bonds. The molecule has 0 saturated heterocycles. The van der Waals surface area contributed by atoms with Crippen LogP contribution in [-0.2, 0) is 9.59 Å². The van der Waals surface area contributed by atoms with Gasteiger partial charge in [0, 0.05) is 12.6 Å². The summed E-state index contributed by atoms with van der Waals surface area (Å²) in [6.07, 6.45) is -4.47. The zero-order chi connectivity index (χ0) is 17.6. The van der Waals surface area contributed by atoms with Crippen molar-refractivity contribution in [1.29, 1.82) is 0 Å². The molecule has 1 aromatic rings. The van der Waals surface area contributed by atoms with Crippen LogP contribution < -0.4 is 20.7 Å². The lowest BCUT2D eigenvalue weighted by Gasteiger charge is -2.18. The van der Waals surface area contributed by atoms with E-state index in [2.05, 4.69) is 10.6 Å². The van der Waals surface area contributed by atoms with Crippen LogP contribution in [0.25, 0.3) is 0 Å². The van der Waals surface area contributed by atoms with Gasteiger partial charge in [0.25, 0.3) is 0 Å². The molecule has 1 atom stereocenters. The normalized spacial score (nSPS) is 12.3. The fraction of sp³-hybridized carbons (Fsp3) is 0.429. The third-order valence-electron chi connectivity index (χ3n) is 2.75. The average Bonchev–Trinajstić information content (AvgIpc) is 2.43. The number of amides is 2. The number of carbonyl (C=O) groups excluding carboxylic acids is 2. The lowest BCUT2D eigenvalue weighted by molar-refractivity contribution is -0.138. The highest BCUT2D eigenvalue weighted by molar-refractivity contribution is 5.90. The highest BCUT2D eigenvalue weighted by Gasteiger charge is 2.28. The molecule has 0 bridgehead atoms. The van der Waals surface area contributed by atoms with Crippen LogP contribution >= 0.6 is 0 Å². The van der Waals surface area contributed by atoms with Crippen molar-refractivity contribution in [2.45, 2.75) is 26.1 Å². The van der Waals surface area contributed by atoms with Crippen LogP contribution in [0.4, 0.5) is 24.5 Å².